The first-order chi connectivity index (χ1) is 11.7. The van der Waals surface area contributed by atoms with E-state index in [0.29, 0.717) is 31.6 Å². The molecule has 0 aromatic carbocycles. The smallest absolute Gasteiger partial charge is 0.255 e. The van der Waals surface area contributed by atoms with E-state index in [1.807, 2.05) is 21.9 Å². The van der Waals surface area contributed by atoms with Crippen molar-refractivity contribution in [3.63, 3.8) is 0 Å². The average molecular weight is 331 g/mol. The first-order valence-electron chi connectivity index (χ1n) is 8.69. The highest BCUT2D eigenvalue weighted by Gasteiger charge is 2.31. The Morgan fingerprint density at radius 1 is 1.38 bits per heavy atom. The van der Waals surface area contributed by atoms with E-state index in [2.05, 4.69) is 4.98 Å². The third kappa shape index (κ3) is 3.75. The number of ether oxygens (including phenoxy) is 1. The van der Waals surface area contributed by atoms with Crippen molar-refractivity contribution in [2.45, 2.75) is 25.7 Å². The summed E-state index contributed by atoms with van der Waals surface area (Å²) in [4.78, 5) is 33.0. The van der Waals surface area contributed by atoms with Gasteiger partial charge in [0, 0.05) is 45.9 Å². The number of carbonyl (C=O) groups excluding carboxylic acids is 2. The van der Waals surface area contributed by atoms with Gasteiger partial charge in [0.2, 0.25) is 5.91 Å². The number of carbonyl (C=O) groups is 2. The van der Waals surface area contributed by atoms with Gasteiger partial charge in [-0.25, -0.2) is 0 Å². The van der Waals surface area contributed by atoms with Crippen LogP contribution in [0.25, 0.3) is 0 Å². The maximum Gasteiger partial charge on any atom is 0.255 e. The monoisotopic (exact) mass is 331 g/mol. The fraction of sp³-hybridized carbons (Fsp3) is 0.611. The summed E-state index contributed by atoms with van der Waals surface area (Å²) in [6.07, 6.45) is 5.08. The largest absolute Gasteiger partial charge is 0.383 e. The van der Waals surface area contributed by atoms with Gasteiger partial charge in [-0.1, -0.05) is 0 Å². The third-order valence-electron chi connectivity index (χ3n) is 4.86. The molecule has 130 valence electrons. The number of amides is 2. The molecule has 3 rings (SSSR count). The predicted molar refractivity (Wildman–Crippen MR) is 89.6 cm³/mol. The SMILES string of the molecule is COCCN1C[C@@H](Cc2ncccc2C(=O)N2CCCC2)CC1=O. The highest BCUT2D eigenvalue weighted by atomic mass is 16.5. The van der Waals surface area contributed by atoms with Crippen molar-refractivity contribution in [2.24, 2.45) is 5.92 Å². The highest BCUT2D eigenvalue weighted by Crippen LogP contribution is 2.23. The van der Waals surface area contributed by atoms with Crippen LogP contribution in [0.1, 0.15) is 35.3 Å². The molecule has 0 spiro atoms. The molecule has 1 aromatic rings. The number of rotatable bonds is 6. The van der Waals surface area contributed by atoms with Crippen LogP contribution in [-0.4, -0.2) is 66.5 Å². The van der Waals surface area contributed by atoms with E-state index in [9.17, 15) is 9.59 Å². The van der Waals surface area contributed by atoms with E-state index >= 15 is 0 Å². The van der Waals surface area contributed by atoms with Crippen LogP contribution in [0.3, 0.4) is 0 Å². The summed E-state index contributed by atoms with van der Waals surface area (Å²) in [5, 5.41) is 0. The Morgan fingerprint density at radius 3 is 2.92 bits per heavy atom. The minimum absolute atomic E-state index is 0.0798. The number of hydrogen-bond acceptors (Lipinski definition) is 4. The molecule has 24 heavy (non-hydrogen) atoms. The number of hydrogen-bond donors (Lipinski definition) is 0. The molecule has 2 aliphatic heterocycles. The molecule has 6 nitrogen and oxygen atoms in total. The molecule has 0 unspecified atom stereocenters. The summed E-state index contributed by atoms with van der Waals surface area (Å²) in [6.45, 7) is 3.57. The Morgan fingerprint density at radius 2 is 2.17 bits per heavy atom. The molecule has 3 heterocycles. The summed E-state index contributed by atoms with van der Waals surface area (Å²) < 4.78 is 5.06. The van der Waals surface area contributed by atoms with Gasteiger partial charge in [-0.3, -0.25) is 14.6 Å². The van der Waals surface area contributed by atoms with E-state index in [1.165, 1.54) is 0 Å². The lowest BCUT2D eigenvalue weighted by atomic mass is 9.98. The van der Waals surface area contributed by atoms with Crippen LogP contribution in [0.2, 0.25) is 0 Å². The van der Waals surface area contributed by atoms with Crippen LogP contribution in [-0.2, 0) is 16.0 Å². The lowest BCUT2D eigenvalue weighted by Crippen LogP contribution is -2.30. The summed E-state index contributed by atoms with van der Waals surface area (Å²) in [5.41, 5.74) is 1.52. The van der Waals surface area contributed by atoms with E-state index in [-0.39, 0.29) is 17.7 Å². The molecule has 0 radical (unpaired) electrons. The second kappa shape index (κ2) is 7.75. The Balaban J connectivity index is 1.67. The van der Waals surface area contributed by atoms with E-state index in [4.69, 9.17) is 4.74 Å². The van der Waals surface area contributed by atoms with Crippen molar-refractivity contribution < 1.29 is 14.3 Å². The quantitative estimate of drug-likeness (QED) is 0.789. The highest BCUT2D eigenvalue weighted by molar-refractivity contribution is 5.95. The molecule has 1 aromatic heterocycles. The second-order valence-corrected chi connectivity index (χ2v) is 6.60. The standard InChI is InChI=1S/C18H25N3O3/c1-24-10-9-21-13-14(12-17(21)22)11-16-15(5-4-6-19-16)18(23)20-7-2-3-8-20/h4-6,14H,2-3,7-13H2,1H3/t14-/m0/s1. The minimum atomic E-state index is 0.0798. The first kappa shape index (κ1) is 16.9. The number of methoxy groups -OCH3 is 1. The molecule has 2 aliphatic rings. The maximum absolute atomic E-state index is 12.7. The van der Waals surface area contributed by atoms with E-state index in [1.54, 1.807) is 13.3 Å². The van der Waals surface area contributed by atoms with Gasteiger partial charge in [-0.05, 0) is 37.3 Å². The molecule has 0 aliphatic carbocycles. The van der Waals surface area contributed by atoms with Gasteiger partial charge in [0.05, 0.1) is 17.9 Å². The fourth-order valence-corrected chi connectivity index (χ4v) is 3.57. The van der Waals surface area contributed by atoms with Crippen molar-refractivity contribution >= 4 is 11.8 Å². The van der Waals surface area contributed by atoms with Crippen molar-refractivity contribution in [2.75, 3.05) is 39.9 Å². The lowest BCUT2D eigenvalue weighted by molar-refractivity contribution is -0.128. The Kier molecular flexibility index (Phi) is 5.45. The molecule has 6 heteroatoms. The molecule has 2 saturated heterocycles. The zero-order chi connectivity index (χ0) is 16.9. The average Bonchev–Trinajstić information content (AvgIpc) is 3.23. The molecule has 2 fully saturated rings. The van der Waals surface area contributed by atoms with Gasteiger partial charge in [0.1, 0.15) is 0 Å². The summed E-state index contributed by atoms with van der Waals surface area (Å²) in [6, 6.07) is 3.68. The lowest BCUT2D eigenvalue weighted by Gasteiger charge is -2.19. The molecule has 0 bridgehead atoms. The molecule has 0 saturated carbocycles. The van der Waals surface area contributed by atoms with Crippen molar-refractivity contribution in [1.82, 2.24) is 14.8 Å². The van der Waals surface area contributed by atoms with Crippen LogP contribution >= 0.6 is 0 Å². The third-order valence-corrected chi connectivity index (χ3v) is 4.86. The Hall–Kier alpha value is -1.95. The summed E-state index contributed by atoms with van der Waals surface area (Å²) in [5.74, 6) is 0.464. The van der Waals surface area contributed by atoms with Crippen molar-refractivity contribution in [3.05, 3.63) is 29.6 Å². The maximum atomic E-state index is 12.7. The molecule has 2 amide bonds. The Bertz CT molecular complexity index is 599. The van der Waals surface area contributed by atoms with Gasteiger partial charge in [0.15, 0.2) is 0 Å². The van der Waals surface area contributed by atoms with Crippen LogP contribution < -0.4 is 0 Å². The second-order valence-electron chi connectivity index (χ2n) is 6.60. The fourth-order valence-electron chi connectivity index (χ4n) is 3.57. The van der Waals surface area contributed by atoms with Crippen molar-refractivity contribution in [1.29, 1.82) is 0 Å². The van der Waals surface area contributed by atoms with Crippen LogP contribution in [0, 0.1) is 5.92 Å². The van der Waals surface area contributed by atoms with E-state index < -0.39 is 0 Å². The number of nitrogens with zero attached hydrogens (tertiary/aromatic N) is 3. The van der Waals surface area contributed by atoms with Crippen LogP contribution in [0.5, 0.6) is 0 Å². The number of pyridine rings is 1. The van der Waals surface area contributed by atoms with Crippen LogP contribution in [0.15, 0.2) is 18.3 Å². The topological polar surface area (TPSA) is 62.7 Å². The van der Waals surface area contributed by atoms with E-state index in [0.717, 1.165) is 38.2 Å². The zero-order valence-corrected chi connectivity index (χ0v) is 14.2. The summed E-state index contributed by atoms with van der Waals surface area (Å²) >= 11 is 0. The van der Waals surface area contributed by atoms with Gasteiger partial charge in [-0.15, -0.1) is 0 Å². The predicted octanol–water partition coefficient (Wildman–Crippen LogP) is 1.35. The molecule has 1 atom stereocenters. The molecule has 0 N–H and O–H groups in total. The molecular weight excluding hydrogens is 306 g/mol. The number of aromatic nitrogens is 1. The normalized spacial score (nSPS) is 20.9. The molecular formula is C18H25N3O3. The van der Waals surface area contributed by atoms with Gasteiger partial charge >= 0.3 is 0 Å². The van der Waals surface area contributed by atoms with Gasteiger partial charge < -0.3 is 14.5 Å². The van der Waals surface area contributed by atoms with Gasteiger partial charge in [0.25, 0.3) is 5.91 Å². The van der Waals surface area contributed by atoms with Crippen molar-refractivity contribution in [3.8, 4) is 0 Å². The van der Waals surface area contributed by atoms with Gasteiger partial charge in [-0.2, -0.15) is 0 Å². The summed E-state index contributed by atoms with van der Waals surface area (Å²) in [7, 11) is 1.64. The first-order valence-corrected chi connectivity index (χ1v) is 8.69. The minimum Gasteiger partial charge on any atom is -0.383 e. The zero-order valence-electron chi connectivity index (χ0n) is 14.2. The number of likely N-dealkylation sites (tertiary alicyclic amines) is 2. The van der Waals surface area contributed by atoms with Crippen LogP contribution in [0.4, 0.5) is 0 Å². The Labute approximate surface area is 142 Å².